The van der Waals surface area contributed by atoms with Crippen molar-refractivity contribution >= 4 is 21.7 Å². The topological polar surface area (TPSA) is 101 Å². The van der Waals surface area contributed by atoms with Crippen LogP contribution in [0.4, 0.5) is 0 Å². The van der Waals surface area contributed by atoms with Crippen molar-refractivity contribution in [2.24, 2.45) is 0 Å². The summed E-state index contributed by atoms with van der Waals surface area (Å²) < 4.78 is 24.0. The minimum atomic E-state index is -3.48. The van der Waals surface area contributed by atoms with Gasteiger partial charge in [0.1, 0.15) is 0 Å². The molecular formula is C20H23NO5S. The van der Waals surface area contributed by atoms with Crippen LogP contribution in [-0.2, 0) is 21.1 Å². The lowest BCUT2D eigenvalue weighted by Gasteiger charge is -2.20. The first kappa shape index (κ1) is 20.6. The molecule has 2 aromatic rings. The minimum Gasteiger partial charge on any atom is -0.481 e. The van der Waals surface area contributed by atoms with E-state index in [2.05, 4.69) is 5.32 Å². The number of rotatable bonds is 7. The lowest BCUT2D eigenvalue weighted by Crippen LogP contribution is -2.30. The first-order chi connectivity index (χ1) is 12.6. The molecule has 0 aromatic heterocycles. The minimum absolute atomic E-state index is 0.114. The van der Waals surface area contributed by atoms with Gasteiger partial charge in [0.2, 0.25) is 0 Å². The molecule has 0 heterocycles. The van der Waals surface area contributed by atoms with E-state index in [1.807, 2.05) is 26.0 Å². The fourth-order valence-electron chi connectivity index (χ4n) is 2.97. The van der Waals surface area contributed by atoms with E-state index in [9.17, 15) is 23.1 Å². The molecule has 144 valence electrons. The van der Waals surface area contributed by atoms with Gasteiger partial charge < -0.3 is 10.4 Å². The summed E-state index contributed by atoms with van der Waals surface area (Å²) in [7, 11) is -3.48. The van der Waals surface area contributed by atoms with Gasteiger partial charge in [-0.15, -0.1) is 0 Å². The fourth-order valence-corrected chi connectivity index (χ4v) is 4.00. The van der Waals surface area contributed by atoms with Gasteiger partial charge in [0.15, 0.2) is 9.84 Å². The number of carbonyl (C=O) groups is 2. The largest absolute Gasteiger partial charge is 0.481 e. The maximum atomic E-state index is 12.7. The molecule has 0 spiro atoms. The Kier molecular flexibility index (Phi) is 6.38. The predicted octanol–water partition coefficient (Wildman–Crippen LogP) is 2.91. The third-order valence-corrected chi connectivity index (χ3v) is 5.54. The van der Waals surface area contributed by atoms with Gasteiger partial charge in [-0.25, -0.2) is 8.42 Å². The normalized spacial score (nSPS) is 12.4. The Balaban J connectivity index is 2.38. The molecule has 0 saturated heterocycles. The highest BCUT2D eigenvalue weighted by atomic mass is 32.2. The molecule has 0 aliphatic carbocycles. The summed E-state index contributed by atoms with van der Waals surface area (Å²) in [4.78, 5) is 24.1. The number of aliphatic carboxylic acids is 1. The molecule has 0 fully saturated rings. The highest BCUT2D eigenvalue weighted by Crippen LogP contribution is 2.23. The van der Waals surface area contributed by atoms with Crippen molar-refractivity contribution in [2.45, 2.75) is 37.6 Å². The Labute approximate surface area is 159 Å². The number of benzene rings is 2. The van der Waals surface area contributed by atoms with Crippen molar-refractivity contribution in [3.63, 3.8) is 0 Å². The van der Waals surface area contributed by atoms with Crippen LogP contribution < -0.4 is 5.32 Å². The van der Waals surface area contributed by atoms with Crippen molar-refractivity contribution < 1.29 is 23.1 Å². The Bertz CT molecular complexity index is 966. The van der Waals surface area contributed by atoms with E-state index in [1.54, 1.807) is 24.3 Å². The zero-order valence-electron chi connectivity index (χ0n) is 15.5. The molecule has 7 heteroatoms. The molecule has 2 aromatic carbocycles. The fraction of sp³-hybridized carbons (Fsp3) is 0.300. The first-order valence-electron chi connectivity index (χ1n) is 8.54. The molecular weight excluding hydrogens is 366 g/mol. The molecule has 6 nitrogen and oxygen atoms in total. The zero-order chi connectivity index (χ0) is 20.2. The molecule has 0 bridgehead atoms. The van der Waals surface area contributed by atoms with Gasteiger partial charge >= 0.3 is 5.97 Å². The van der Waals surface area contributed by atoms with E-state index in [-0.39, 0.29) is 16.9 Å². The molecule has 0 aliphatic rings. The SMILES string of the molecule is CCc1ccc(C(=O)NC(CC(=O)O)c2ccccc2C)cc1S(C)(=O)=O. The Morgan fingerprint density at radius 3 is 2.37 bits per heavy atom. The van der Waals surface area contributed by atoms with E-state index < -0.39 is 27.8 Å². The van der Waals surface area contributed by atoms with Crippen LogP contribution in [0.15, 0.2) is 47.4 Å². The molecule has 0 aliphatic heterocycles. The van der Waals surface area contributed by atoms with E-state index >= 15 is 0 Å². The van der Waals surface area contributed by atoms with Crippen LogP contribution in [0.3, 0.4) is 0 Å². The second-order valence-electron chi connectivity index (χ2n) is 6.43. The van der Waals surface area contributed by atoms with Crippen molar-refractivity contribution in [2.75, 3.05) is 6.26 Å². The molecule has 2 rings (SSSR count). The second kappa shape index (κ2) is 8.35. The average molecular weight is 389 g/mol. The molecule has 27 heavy (non-hydrogen) atoms. The number of carboxylic acid groups (broad SMARTS) is 1. The van der Waals surface area contributed by atoms with Crippen LogP contribution in [0.5, 0.6) is 0 Å². The lowest BCUT2D eigenvalue weighted by atomic mass is 9.98. The monoisotopic (exact) mass is 389 g/mol. The summed E-state index contributed by atoms with van der Waals surface area (Å²) in [6, 6.07) is 11.0. The van der Waals surface area contributed by atoms with Crippen LogP contribution in [0.1, 0.15) is 46.4 Å². The standard InChI is InChI=1S/C20H23NO5S/c1-4-14-9-10-15(11-18(14)27(3,25)26)20(24)21-17(12-19(22)23)16-8-6-5-7-13(16)2/h5-11,17H,4,12H2,1-3H3,(H,21,24)(H,22,23). The summed E-state index contributed by atoms with van der Waals surface area (Å²) in [5.41, 5.74) is 2.38. The van der Waals surface area contributed by atoms with Gasteiger partial charge in [-0.05, 0) is 42.2 Å². The second-order valence-corrected chi connectivity index (χ2v) is 8.41. The maximum absolute atomic E-state index is 12.7. The molecule has 1 atom stereocenters. The van der Waals surface area contributed by atoms with Gasteiger partial charge in [0.25, 0.3) is 5.91 Å². The Hall–Kier alpha value is -2.67. The number of sulfone groups is 1. The Morgan fingerprint density at radius 2 is 1.81 bits per heavy atom. The van der Waals surface area contributed by atoms with Crippen molar-refractivity contribution in [1.82, 2.24) is 5.32 Å². The van der Waals surface area contributed by atoms with Crippen LogP contribution in [0.2, 0.25) is 0 Å². The van der Waals surface area contributed by atoms with Gasteiger partial charge in [-0.2, -0.15) is 0 Å². The third kappa shape index (κ3) is 5.17. The van der Waals surface area contributed by atoms with Gasteiger partial charge in [0.05, 0.1) is 17.4 Å². The summed E-state index contributed by atoms with van der Waals surface area (Å²) in [6.45, 7) is 3.68. The average Bonchev–Trinajstić information content (AvgIpc) is 2.59. The molecule has 1 amide bonds. The first-order valence-corrected chi connectivity index (χ1v) is 10.4. The summed E-state index contributed by atoms with van der Waals surface area (Å²) in [6.07, 6.45) is 1.35. The summed E-state index contributed by atoms with van der Waals surface area (Å²) in [5, 5.41) is 11.9. The Morgan fingerprint density at radius 1 is 1.15 bits per heavy atom. The van der Waals surface area contributed by atoms with Crippen LogP contribution in [-0.4, -0.2) is 31.7 Å². The summed E-state index contributed by atoms with van der Waals surface area (Å²) >= 11 is 0. The molecule has 0 radical (unpaired) electrons. The summed E-state index contributed by atoms with van der Waals surface area (Å²) in [5.74, 6) is -1.56. The van der Waals surface area contributed by atoms with E-state index in [1.165, 1.54) is 6.07 Å². The zero-order valence-corrected chi connectivity index (χ0v) is 16.3. The smallest absolute Gasteiger partial charge is 0.305 e. The number of aryl methyl sites for hydroxylation is 2. The van der Waals surface area contributed by atoms with E-state index in [4.69, 9.17) is 0 Å². The molecule has 0 saturated carbocycles. The van der Waals surface area contributed by atoms with Crippen LogP contribution >= 0.6 is 0 Å². The highest BCUT2D eigenvalue weighted by molar-refractivity contribution is 7.90. The van der Waals surface area contributed by atoms with E-state index in [0.717, 1.165) is 11.8 Å². The van der Waals surface area contributed by atoms with Crippen LogP contribution in [0, 0.1) is 6.92 Å². The molecule has 1 unspecified atom stereocenters. The maximum Gasteiger partial charge on any atom is 0.305 e. The van der Waals surface area contributed by atoms with Gasteiger partial charge in [-0.3, -0.25) is 9.59 Å². The quantitative estimate of drug-likeness (QED) is 0.758. The van der Waals surface area contributed by atoms with E-state index in [0.29, 0.717) is 17.5 Å². The highest BCUT2D eigenvalue weighted by Gasteiger charge is 2.22. The number of amides is 1. The number of nitrogens with one attached hydrogen (secondary N) is 1. The predicted molar refractivity (Wildman–Crippen MR) is 103 cm³/mol. The number of hydrogen-bond donors (Lipinski definition) is 2. The van der Waals surface area contributed by atoms with Crippen molar-refractivity contribution in [3.05, 3.63) is 64.7 Å². The lowest BCUT2D eigenvalue weighted by molar-refractivity contribution is -0.137. The number of carbonyl (C=O) groups excluding carboxylic acids is 1. The molecule has 2 N–H and O–H groups in total. The third-order valence-electron chi connectivity index (χ3n) is 4.36. The number of hydrogen-bond acceptors (Lipinski definition) is 4. The van der Waals surface area contributed by atoms with Crippen molar-refractivity contribution in [3.8, 4) is 0 Å². The number of carboxylic acids is 1. The van der Waals surface area contributed by atoms with Gasteiger partial charge in [-0.1, -0.05) is 37.3 Å². The van der Waals surface area contributed by atoms with Crippen LogP contribution in [0.25, 0.3) is 0 Å². The van der Waals surface area contributed by atoms with Gasteiger partial charge in [0, 0.05) is 11.8 Å². The van der Waals surface area contributed by atoms with Crippen molar-refractivity contribution in [1.29, 1.82) is 0 Å².